The van der Waals surface area contributed by atoms with Gasteiger partial charge in [-0.3, -0.25) is 19.5 Å². The lowest BCUT2D eigenvalue weighted by Gasteiger charge is -2.31. The highest BCUT2D eigenvalue weighted by Gasteiger charge is 2.33. The minimum atomic E-state index is -0.974. The lowest BCUT2D eigenvalue weighted by Crippen LogP contribution is -2.45. The second kappa shape index (κ2) is 10.9. The molecule has 2 aromatic carbocycles. The van der Waals surface area contributed by atoms with Gasteiger partial charge in [0.1, 0.15) is 23.9 Å². The van der Waals surface area contributed by atoms with Crippen molar-refractivity contribution in [2.24, 2.45) is 0 Å². The Balaban J connectivity index is 1.54. The van der Waals surface area contributed by atoms with Crippen LogP contribution in [0.15, 0.2) is 95.9 Å². The summed E-state index contributed by atoms with van der Waals surface area (Å²) >= 11 is 0. The first-order valence-electron chi connectivity index (χ1n) is 12.0. The third-order valence-corrected chi connectivity index (χ3v) is 6.12. The van der Waals surface area contributed by atoms with Gasteiger partial charge in [-0.2, -0.15) is 0 Å². The summed E-state index contributed by atoms with van der Waals surface area (Å²) in [6, 6.07) is 21.2. The van der Waals surface area contributed by atoms with Gasteiger partial charge in [-0.15, -0.1) is 5.10 Å². The Morgan fingerprint density at radius 1 is 1.03 bits per heavy atom. The van der Waals surface area contributed by atoms with Crippen molar-refractivity contribution in [2.75, 3.05) is 4.90 Å². The molecule has 0 unspecified atom stereocenters. The molecule has 0 aliphatic heterocycles. The molecule has 1 N–H and O–H groups in total. The monoisotopic (exact) mass is 494 g/mol. The molecule has 0 fully saturated rings. The van der Waals surface area contributed by atoms with Crippen molar-refractivity contribution in [1.29, 1.82) is 0 Å². The van der Waals surface area contributed by atoms with E-state index in [0.717, 1.165) is 17.5 Å². The van der Waals surface area contributed by atoms with Crippen molar-refractivity contribution in [2.45, 2.75) is 32.5 Å². The summed E-state index contributed by atoms with van der Waals surface area (Å²) in [5.74, 6) is -0.0692. The van der Waals surface area contributed by atoms with Crippen LogP contribution in [0.4, 0.5) is 5.69 Å². The summed E-state index contributed by atoms with van der Waals surface area (Å²) in [5.41, 5.74) is 3.72. The van der Waals surface area contributed by atoms with Gasteiger partial charge in [0.15, 0.2) is 0 Å². The first kappa shape index (κ1) is 23.9. The average Bonchev–Trinajstić information content (AvgIpc) is 3.61. The molecule has 0 saturated heterocycles. The molecule has 2 amide bonds. The molecule has 9 heteroatoms. The maximum absolute atomic E-state index is 14.0. The van der Waals surface area contributed by atoms with E-state index in [1.807, 2.05) is 48.5 Å². The Kier molecular flexibility index (Phi) is 7.02. The maximum Gasteiger partial charge on any atom is 0.249 e. The van der Waals surface area contributed by atoms with Crippen LogP contribution in [0.2, 0.25) is 0 Å². The number of nitrogens with one attached hydrogen (secondary N) is 1. The highest BCUT2D eigenvalue weighted by atomic mass is 16.3. The Morgan fingerprint density at radius 3 is 2.59 bits per heavy atom. The van der Waals surface area contributed by atoms with E-state index in [1.165, 1.54) is 4.90 Å². The van der Waals surface area contributed by atoms with Gasteiger partial charge >= 0.3 is 0 Å². The number of benzene rings is 2. The Labute approximate surface area is 213 Å². The number of furan rings is 1. The number of aromatic nitrogens is 4. The average molecular weight is 495 g/mol. The van der Waals surface area contributed by atoms with Gasteiger partial charge in [-0.05, 0) is 54.4 Å². The largest absolute Gasteiger partial charge is 0.467 e. The van der Waals surface area contributed by atoms with E-state index in [0.29, 0.717) is 22.5 Å². The molecule has 3 aromatic heterocycles. The van der Waals surface area contributed by atoms with E-state index in [2.05, 4.69) is 27.5 Å². The van der Waals surface area contributed by atoms with Crippen LogP contribution < -0.4 is 10.2 Å². The number of hydrogen-bond donors (Lipinski definition) is 1. The molecule has 0 bridgehead atoms. The Bertz CT molecular complexity index is 1480. The lowest BCUT2D eigenvalue weighted by atomic mass is 10.0. The third kappa shape index (κ3) is 5.25. The highest BCUT2D eigenvalue weighted by Crippen LogP contribution is 2.29. The van der Waals surface area contributed by atoms with E-state index >= 15 is 0 Å². The zero-order valence-electron chi connectivity index (χ0n) is 20.3. The summed E-state index contributed by atoms with van der Waals surface area (Å²) in [4.78, 5) is 33.4. The Morgan fingerprint density at radius 2 is 1.86 bits per heavy atom. The smallest absolute Gasteiger partial charge is 0.249 e. The van der Waals surface area contributed by atoms with Gasteiger partial charge < -0.3 is 9.73 Å². The standard InChI is InChI=1S/C28H26N6O3/c1-2-20-11-13-22(14-12-20)34(26(35)19-33-25-10-4-3-9-24(25)31-32-33)27(21-7-5-15-29-17-21)28(36)30-18-23-8-6-16-37-23/h3-17,27H,2,18-19H2,1H3,(H,30,36)/t27-/m0/s1. The lowest BCUT2D eigenvalue weighted by molar-refractivity contribution is -0.127. The van der Waals surface area contributed by atoms with Crippen LogP contribution in [-0.4, -0.2) is 31.8 Å². The van der Waals surface area contributed by atoms with Crippen molar-refractivity contribution in [1.82, 2.24) is 25.3 Å². The number of carbonyl (C=O) groups excluding carboxylic acids is 2. The summed E-state index contributed by atoms with van der Waals surface area (Å²) in [5, 5.41) is 11.3. The molecule has 0 spiro atoms. The topological polar surface area (TPSA) is 106 Å². The second-order valence-electron chi connectivity index (χ2n) is 8.51. The minimum absolute atomic E-state index is 0.0989. The zero-order valence-corrected chi connectivity index (χ0v) is 20.3. The van der Waals surface area contributed by atoms with Crippen LogP contribution in [0.1, 0.15) is 29.9 Å². The quantitative estimate of drug-likeness (QED) is 0.331. The van der Waals surface area contributed by atoms with Crippen LogP contribution in [0, 0.1) is 0 Å². The number of rotatable bonds is 9. The summed E-state index contributed by atoms with van der Waals surface area (Å²) in [6.45, 7) is 2.15. The van der Waals surface area contributed by atoms with Crippen LogP contribution in [0.3, 0.4) is 0 Å². The van der Waals surface area contributed by atoms with Gasteiger partial charge in [0.05, 0.1) is 18.3 Å². The molecule has 37 heavy (non-hydrogen) atoms. The van der Waals surface area contributed by atoms with E-state index < -0.39 is 6.04 Å². The molecule has 0 saturated carbocycles. The first-order valence-corrected chi connectivity index (χ1v) is 12.0. The number of pyridine rings is 1. The van der Waals surface area contributed by atoms with Gasteiger partial charge in [0.25, 0.3) is 0 Å². The van der Waals surface area contributed by atoms with Crippen molar-refractivity contribution < 1.29 is 14.0 Å². The molecule has 0 radical (unpaired) electrons. The van der Waals surface area contributed by atoms with Crippen molar-refractivity contribution in [3.8, 4) is 0 Å². The molecule has 0 aliphatic carbocycles. The molecular formula is C28H26N6O3. The van der Waals surface area contributed by atoms with E-state index in [1.54, 1.807) is 47.6 Å². The zero-order chi connectivity index (χ0) is 25.6. The SMILES string of the molecule is CCc1ccc(N(C(=O)Cn2nnc3ccccc32)[C@H](C(=O)NCc2ccco2)c2cccnc2)cc1. The number of para-hydroxylation sites is 1. The van der Waals surface area contributed by atoms with Crippen LogP contribution in [0.25, 0.3) is 11.0 Å². The fraction of sp³-hybridized carbons (Fsp3) is 0.179. The first-order chi connectivity index (χ1) is 18.1. The van der Waals surface area contributed by atoms with Crippen molar-refractivity contribution >= 4 is 28.5 Å². The summed E-state index contributed by atoms with van der Waals surface area (Å²) in [6.07, 6.45) is 5.64. The predicted molar refractivity (Wildman–Crippen MR) is 138 cm³/mol. The van der Waals surface area contributed by atoms with Gasteiger partial charge in [0.2, 0.25) is 11.8 Å². The highest BCUT2D eigenvalue weighted by molar-refractivity contribution is 6.01. The van der Waals surface area contributed by atoms with Gasteiger partial charge in [-0.1, -0.05) is 42.5 Å². The number of carbonyl (C=O) groups is 2. The van der Waals surface area contributed by atoms with Crippen molar-refractivity contribution in [3.05, 3.63) is 108 Å². The van der Waals surface area contributed by atoms with Crippen molar-refractivity contribution in [3.63, 3.8) is 0 Å². The maximum atomic E-state index is 14.0. The number of anilines is 1. The third-order valence-electron chi connectivity index (χ3n) is 6.12. The molecule has 0 aliphatic rings. The van der Waals surface area contributed by atoms with E-state index in [9.17, 15) is 9.59 Å². The molecule has 5 rings (SSSR count). The van der Waals surface area contributed by atoms with E-state index in [4.69, 9.17) is 4.42 Å². The number of amides is 2. The summed E-state index contributed by atoms with van der Waals surface area (Å²) < 4.78 is 6.92. The number of fused-ring (bicyclic) bond motifs is 1. The molecule has 5 aromatic rings. The normalized spacial score (nSPS) is 11.8. The van der Waals surface area contributed by atoms with Gasteiger partial charge in [-0.25, -0.2) is 4.68 Å². The Hall–Kier alpha value is -4.79. The second-order valence-corrected chi connectivity index (χ2v) is 8.51. The predicted octanol–water partition coefficient (Wildman–Crippen LogP) is 4.07. The van der Waals surface area contributed by atoms with Gasteiger partial charge in [0, 0.05) is 23.6 Å². The molecule has 186 valence electrons. The van der Waals surface area contributed by atoms with Crippen LogP contribution in [-0.2, 0) is 29.1 Å². The van der Waals surface area contributed by atoms with Crippen LogP contribution in [0.5, 0.6) is 0 Å². The molecule has 1 atom stereocenters. The number of aryl methyl sites for hydroxylation is 1. The van der Waals surface area contributed by atoms with E-state index in [-0.39, 0.29) is 24.9 Å². The minimum Gasteiger partial charge on any atom is -0.467 e. The molecular weight excluding hydrogens is 468 g/mol. The van der Waals surface area contributed by atoms with Crippen LogP contribution >= 0.6 is 0 Å². The summed E-state index contributed by atoms with van der Waals surface area (Å²) in [7, 11) is 0. The molecule has 9 nitrogen and oxygen atoms in total. The number of hydrogen-bond acceptors (Lipinski definition) is 6. The number of nitrogens with zero attached hydrogens (tertiary/aromatic N) is 5. The fourth-order valence-electron chi connectivity index (χ4n) is 4.21. The molecule has 3 heterocycles. The fourth-order valence-corrected chi connectivity index (χ4v) is 4.21.